The molecule has 0 radical (unpaired) electrons. The Balaban J connectivity index is 1.77. The van der Waals surface area contributed by atoms with Gasteiger partial charge in [0, 0.05) is 12.5 Å². The summed E-state index contributed by atoms with van der Waals surface area (Å²) in [5.41, 5.74) is 2.65. The van der Waals surface area contributed by atoms with Crippen LogP contribution in [-0.2, 0) is 14.3 Å². The number of hydrogen-bond acceptors (Lipinski definition) is 8. The third kappa shape index (κ3) is 5.75. The predicted octanol–water partition coefficient (Wildman–Crippen LogP) is 4.47. The molecule has 1 aromatic heterocycles. The third-order valence-electron chi connectivity index (χ3n) is 6.28. The van der Waals surface area contributed by atoms with Gasteiger partial charge in [-0.05, 0) is 58.9 Å². The molecule has 0 saturated carbocycles. The number of thiazole rings is 1. The molecule has 0 aliphatic carbocycles. The zero-order chi connectivity index (χ0) is 29.1. The number of hydrogen-bond donors (Lipinski definition) is 0. The van der Waals surface area contributed by atoms with Gasteiger partial charge in [0.25, 0.3) is 5.56 Å². The van der Waals surface area contributed by atoms with Gasteiger partial charge in [-0.1, -0.05) is 72.0 Å². The molecule has 0 spiro atoms. The van der Waals surface area contributed by atoms with E-state index in [-0.39, 0.29) is 12.2 Å². The minimum Gasteiger partial charge on any atom is -0.493 e. The molecule has 0 amide bonds. The Morgan fingerprint density at radius 2 is 1.76 bits per heavy atom. The molecule has 41 heavy (non-hydrogen) atoms. The van der Waals surface area contributed by atoms with E-state index >= 15 is 0 Å². The van der Waals surface area contributed by atoms with Gasteiger partial charge in [0.1, 0.15) is 0 Å². The van der Waals surface area contributed by atoms with Crippen molar-refractivity contribution in [3.63, 3.8) is 0 Å². The van der Waals surface area contributed by atoms with E-state index in [0.29, 0.717) is 41.2 Å². The topological polar surface area (TPSA) is 96.2 Å². The highest BCUT2D eigenvalue weighted by Crippen LogP contribution is 2.36. The first-order chi connectivity index (χ1) is 19.8. The second kappa shape index (κ2) is 12.2. The number of carbonyl (C=O) groups is 2. The van der Waals surface area contributed by atoms with Crippen LogP contribution in [0.2, 0.25) is 0 Å². The zero-order valence-electron chi connectivity index (χ0n) is 22.4. The Kier molecular flexibility index (Phi) is 8.50. The van der Waals surface area contributed by atoms with Gasteiger partial charge in [-0.25, -0.2) is 9.79 Å². The molecule has 4 aromatic rings. The van der Waals surface area contributed by atoms with Gasteiger partial charge < -0.3 is 14.2 Å². The van der Waals surface area contributed by atoms with Crippen LogP contribution in [0.1, 0.15) is 36.6 Å². The normalized spacial score (nSPS) is 14.7. The van der Waals surface area contributed by atoms with E-state index in [1.54, 1.807) is 29.7 Å². The minimum absolute atomic E-state index is 0.181. The van der Waals surface area contributed by atoms with Gasteiger partial charge >= 0.3 is 11.9 Å². The fourth-order valence-corrected chi connectivity index (χ4v) is 6.34. The van der Waals surface area contributed by atoms with Crippen molar-refractivity contribution in [2.45, 2.75) is 19.9 Å². The average molecular weight is 681 g/mol. The predicted molar refractivity (Wildman–Crippen MR) is 165 cm³/mol. The molecule has 8 nitrogen and oxygen atoms in total. The number of halogens is 1. The van der Waals surface area contributed by atoms with E-state index in [0.717, 1.165) is 11.1 Å². The van der Waals surface area contributed by atoms with Crippen LogP contribution < -0.4 is 24.4 Å². The molecule has 5 rings (SSSR count). The highest BCUT2D eigenvalue weighted by atomic mass is 127. The molecule has 1 atom stereocenters. The largest absolute Gasteiger partial charge is 0.493 e. The van der Waals surface area contributed by atoms with Gasteiger partial charge in [-0.3, -0.25) is 14.2 Å². The number of benzene rings is 3. The maximum Gasteiger partial charge on any atom is 0.338 e. The Morgan fingerprint density at radius 3 is 2.39 bits per heavy atom. The summed E-state index contributed by atoms with van der Waals surface area (Å²) in [5.74, 6) is -0.312. The monoisotopic (exact) mass is 680 g/mol. The number of carbonyl (C=O) groups excluding carboxylic acids is 2. The smallest absolute Gasteiger partial charge is 0.338 e. The van der Waals surface area contributed by atoms with E-state index in [1.807, 2.05) is 60.7 Å². The van der Waals surface area contributed by atoms with Gasteiger partial charge in [-0.2, -0.15) is 0 Å². The average Bonchev–Trinajstić information content (AvgIpc) is 3.28. The molecule has 1 aliphatic heterocycles. The maximum atomic E-state index is 14.0. The quantitative estimate of drug-likeness (QED) is 0.163. The lowest BCUT2D eigenvalue weighted by Crippen LogP contribution is -2.40. The second-order valence-electron chi connectivity index (χ2n) is 8.97. The Morgan fingerprint density at radius 1 is 1.07 bits per heavy atom. The first-order valence-electron chi connectivity index (χ1n) is 12.7. The highest BCUT2D eigenvalue weighted by Gasteiger charge is 2.35. The first-order valence-corrected chi connectivity index (χ1v) is 14.6. The minimum atomic E-state index is -0.745. The van der Waals surface area contributed by atoms with Crippen LogP contribution in [0.15, 0.2) is 88.2 Å². The molecule has 3 aromatic carbocycles. The number of fused-ring (bicyclic) bond motifs is 1. The van der Waals surface area contributed by atoms with Crippen LogP contribution in [0.4, 0.5) is 0 Å². The van der Waals surface area contributed by atoms with E-state index in [4.69, 9.17) is 19.2 Å². The third-order valence-corrected chi connectivity index (χ3v) is 8.07. The van der Waals surface area contributed by atoms with Crippen molar-refractivity contribution in [1.82, 2.24) is 4.57 Å². The van der Waals surface area contributed by atoms with Crippen LogP contribution in [0.3, 0.4) is 0 Å². The van der Waals surface area contributed by atoms with Gasteiger partial charge in [0.05, 0.1) is 39.1 Å². The number of esters is 2. The lowest BCUT2D eigenvalue weighted by Gasteiger charge is -2.25. The second-order valence-corrected chi connectivity index (χ2v) is 11.1. The number of aromatic nitrogens is 1. The molecule has 10 heteroatoms. The number of ether oxygens (including phenoxy) is 3. The molecule has 0 saturated heterocycles. The Labute approximate surface area is 253 Å². The Hall–Kier alpha value is -4.03. The summed E-state index contributed by atoms with van der Waals surface area (Å²) >= 11 is 3.29. The SMILES string of the molecule is CCOC(=O)C1=C(c2ccccc2)N=c2s/c(=C\c3cc(I)c(OC(C)=O)c(OC)c3)c(=O)n2[C@H]1c1ccccc1. The fraction of sp³-hybridized carbons (Fsp3) is 0.161. The van der Waals surface area contributed by atoms with E-state index in [1.165, 1.54) is 25.4 Å². The van der Waals surface area contributed by atoms with E-state index in [2.05, 4.69) is 22.6 Å². The van der Waals surface area contributed by atoms with Gasteiger partial charge in [0.2, 0.25) is 0 Å². The van der Waals surface area contributed by atoms with Crippen molar-refractivity contribution in [2.75, 3.05) is 13.7 Å². The molecule has 208 valence electrons. The lowest BCUT2D eigenvalue weighted by molar-refractivity contribution is -0.139. The number of nitrogens with zero attached hydrogens (tertiary/aromatic N) is 2. The Bertz CT molecular complexity index is 1850. The molecule has 0 N–H and O–H groups in total. The maximum absolute atomic E-state index is 14.0. The molecule has 2 heterocycles. The summed E-state index contributed by atoms with van der Waals surface area (Å²) in [6.07, 6.45) is 1.74. The fourth-order valence-electron chi connectivity index (χ4n) is 4.61. The van der Waals surface area contributed by atoms with Crippen LogP contribution in [-0.4, -0.2) is 30.2 Å². The van der Waals surface area contributed by atoms with E-state index < -0.39 is 18.0 Å². The summed E-state index contributed by atoms with van der Waals surface area (Å²) in [6, 6.07) is 21.6. The van der Waals surface area contributed by atoms with Crippen molar-refractivity contribution in [1.29, 1.82) is 0 Å². The van der Waals surface area contributed by atoms with E-state index in [9.17, 15) is 14.4 Å². The van der Waals surface area contributed by atoms with Gasteiger partial charge in [0.15, 0.2) is 16.3 Å². The summed E-state index contributed by atoms with van der Waals surface area (Å²) < 4.78 is 18.9. The van der Waals surface area contributed by atoms with Crippen LogP contribution in [0.25, 0.3) is 11.8 Å². The van der Waals surface area contributed by atoms with Crippen LogP contribution in [0, 0.1) is 3.57 Å². The van der Waals surface area contributed by atoms with Gasteiger partial charge in [-0.15, -0.1) is 0 Å². The van der Waals surface area contributed by atoms with Crippen molar-refractivity contribution in [3.8, 4) is 11.5 Å². The van der Waals surface area contributed by atoms with Crippen molar-refractivity contribution >= 4 is 57.6 Å². The van der Waals surface area contributed by atoms with Crippen LogP contribution >= 0.6 is 33.9 Å². The van der Waals surface area contributed by atoms with Crippen molar-refractivity contribution < 1.29 is 23.8 Å². The summed E-state index contributed by atoms with van der Waals surface area (Å²) in [7, 11) is 1.48. The summed E-state index contributed by atoms with van der Waals surface area (Å²) in [5, 5.41) is 0. The molecule has 1 aliphatic rings. The number of methoxy groups -OCH3 is 1. The lowest BCUT2D eigenvalue weighted by atomic mass is 9.93. The molecule has 0 unspecified atom stereocenters. The summed E-state index contributed by atoms with van der Waals surface area (Å²) in [6.45, 7) is 3.25. The standard InChI is InChI=1S/C31H25IN2O6S/c1-4-39-30(37)25-26(20-11-7-5-8-12-20)33-31-34(27(25)21-13-9-6-10-14-21)29(36)24(41-31)17-19-15-22(32)28(40-18(2)35)23(16-19)38-3/h5-17,27H,4H2,1-3H3/b24-17-/t27-/m0/s1. The molecular weight excluding hydrogens is 655 g/mol. The zero-order valence-corrected chi connectivity index (χ0v) is 25.4. The number of rotatable bonds is 7. The molecule has 0 bridgehead atoms. The van der Waals surface area contributed by atoms with Crippen molar-refractivity contribution in [2.24, 2.45) is 4.99 Å². The highest BCUT2D eigenvalue weighted by molar-refractivity contribution is 14.1. The van der Waals surface area contributed by atoms with Crippen molar-refractivity contribution in [3.05, 3.63) is 118 Å². The molecular formula is C31H25IN2O6S. The van der Waals surface area contributed by atoms with Crippen LogP contribution in [0.5, 0.6) is 11.5 Å². The first kappa shape index (κ1) is 28.5. The summed E-state index contributed by atoms with van der Waals surface area (Å²) in [4.78, 5) is 44.4. The molecule has 0 fully saturated rings.